The van der Waals surface area contributed by atoms with Crippen LogP contribution < -0.4 is 10.3 Å². The SMILES string of the molecule is O=c1c2c(OC3CCCCC3)ccnc2nc2ccccn12. The van der Waals surface area contributed by atoms with Gasteiger partial charge in [-0.2, -0.15) is 0 Å². The van der Waals surface area contributed by atoms with Crippen LogP contribution >= 0.6 is 0 Å². The van der Waals surface area contributed by atoms with Gasteiger partial charge in [0.25, 0.3) is 5.56 Å². The predicted molar refractivity (Wildman–Crippen MR) is 84.3 cm³/mol. The van der Waals surface area contributed by atoms with Gasteiger partial charge in [-0.1, -0.05) is 12.5 Å². The number of hydrogen-bond donors (Lipinski definition) is 0. The van der Waals surface area contributed by atoms with Gasteiger partial charge < -0.3 is 4.74 Å². The summed E-state index contributed by atoms with van der Waals surface area (Å²) in [7, 11) is 0. The van der Waals surface area contributed by atoms with Crippen molar-refractivity contribution in [1.82, 2.24) is 14.4 Å². The standard InChI is InChI=1S/C17H17N3O2/c21-17-15-13(22-12-6-2-1-3-7-12)9-10-18-16(15)19-14-8-4-5-11-20(14)17/h4-5,8-12H,1-3,6-7H2. The van der Waals surface area contributed by atoms with E-state index in [1.807, 2.05) is 12.1 Å². The molecular weight excluding hydrogens is 278 g/mol. The van der Waals surface area contributed by atoms with E-state index in [0.717, 1.165) is 12.8 Å². The maximum atomic E-state index is 12.8. The van der Waals surface area contributed by atoms with E-state index in [1.54, 1.807) is 24.5 Å². The quantitative estimate of drug-likeness (QED) is 0.682. The number of nitrogens with zero attached hydrogens (tertiary/aromatic N) is 3. The van der Waals surface area contributed by atoms with E-state index >= 15 is 0 Å². The predicted octanol–water partition coefficient (Wildman–Crippen LogP) is 2.95. The first-order valence-electron chi connectivity index (χ1n) is 7.76. The molecule has 4 rings (SSSR count). The Morgan fingerprint density at radius 1 is 1.14 bits per heavy atom. The molecule has 1 aliphatic rings. The number of ether oxygens (including phenoxy) is 1. The molecule has 3 aromatic rings. The summed E-state index contributed by atoms with van der Waals surface area (Å²) in [5.74, 6) is 0.604. The zero-order chi connectivity index (χ0) is 14.9. The maximum absolute atomic E-state index is 12.8. The van der Waals surface area contributed by atoms with Crippen molar-refractivity contribution in [2.45, 2.75) is 38.2 Å². The van der Waals surface area contributed by atoms with Crippen molar-refractivity contribution < 1.29 is 4.74 Å². The van der Waals surface area contributed by atoms with Crippen molar-refractivity contribution in [2.24, 2.45) is 0 Å². The molecule has 5 nitrogen and oxygen atoms in total. The molecule has 1 fully saturated rings. The third-order valence-electron chi connectivity index (χ3n) is 4.23. The molecule has 0 aliphatic heterocycles. The van der Waals surface area contributed by atoms with Crippen LogP contribution in [0.1, 0.15) is 32.1 Å². The lowest BCUT2D eigenvalue weighted by atomic mass is 9.98. The van der Waals surface area contributed by atoms with Gasteiger partial charge in [-0.3, -0.25) is 9.20 Å². The molecule has 3 aromatic heterocycles. The number of aromatic nitrogens is 3. The van der Waals surface area contributed by atoms with Crippen molar-refractivity contribution in [2.75, 3.05) is 0 Å². The molecule has 22 heavy (non-hydrogen) atoms. The first-order chi connectivity index (χ1) is 10.8. The van der Waals surface area contributed by atoms with E-state index in [0.29, 0.717) is 22.4 Å². The minimum absolute atomic E-state index is 0.125. The van der Waals surface area contributed by atoms with Crippen LogP contribution in [0.3, 0.4) is 0 Å². The Morgan fingerprint density at radius 3 is 2.86 bits per heavy atom. The molecule has 1 aliphatic carbocycles. The van der Waals surface area contributed by atoms with Crippen molar-refractivity contribution in [3.63, 3.8) is 0 Å². The Hall–Kier alpha value is -2.43. The minimum atomic E-state index is -0.125. The van der Waals surface area contributed by atoms with Crippen LogP contribution in [0.15, 0.2) is 41.5 Å². The maximum Gasteiger partial charge on any atom is 0.271 e. The van der Waals surface area contributed by atoms with Gasteiger partial charge in [0.05, 0.1) is 6.10 Å². The molecule has 1 saturated carbocycles. The topological polar surface area (TPSA) is 56.5 Å². The van der Waals surface area contributed by atoms with E-state index in [4.69, 9.17) is 4.74 Å². The van der Waals surface area contributed by atoms with Crippen LogP contribution in [-0.2, 0) is 0 Å². The van der Waals surface area contributed by atoms with Gasteiger partial charge in [-0.15, -0.1) is 0 Å². The summed E-state index contributed by atoms with van der Waals surface area (Å²) in [5, 5.41) is 0.469. The van der Waals surface area contributed by atoms with Gasteiger partial charge >= 0.3 is 0 Å². The monoisotopic (exact) mass is 295 g/mol. The number of pyridine rings is 2. The van der Waals surface area contributed by atoms with Gasteiger partial charge in [-0.05, 0) is 43.9 Å². The van der Waals surface area contributed by atoms with Crippen LogP contribution in [0.25, 0.3) is 16.7 Å². The molecule has 3 heterocycles. The molecule has 0 atom stereocenters. The Balaban J connectivity index is 1.87. The fourth-order valence-electron chi connectivity index (χ4n) is 3.11. The summed E-state index contributed by atoms with van der Waals surface area (Å²) in [6.07, 6.45) is 9.31. The molecule has 112 valence electrons. The molecule has 0 saturated heterocycles. The fraction of sp³-hybridized carbons (Fsp3) is 0.353. The van der Waals surface area contributed by atoms with Gasteiger partial charge in [-0.25, -0.2) is 9.97 Å². The Kier molecular flexibility index (Phi) is 3.25. The Labute approximate surface area is 127 Å². The summed E-state index contributed by atoms with van der Waals surface area (Å²) in [5.41, 5.74) is 0.923. The van der Waals surface area contributed by atoms with E-state index < -0.39 is 0 Å². The van der Waals surface area contributed by atoms with E-state index in [-0.39, 0.29) is 11.7 Å². The van der Waals surface area contributed by atoms with Crippen LogP contribution in [0, 0.1) is 0 Å². The first-order valence-corrected chi connectivity index (χ1v) is 7.76. The van der Waals surface area contributed by atoms with Crippen molar-refractivity contribution in [3.8, 4) is 5.75 Å². The molecule has 0 N–H and O–H groups in total. The molecule has 0 unspecified atom stereocenters. The molecule has 0 spiro atoms. The van der Waals surface area contributed by atoms with Crippen molar-refractivity contribution in [3.05, 3.63) is 47.0 Å². The van der Waals surface area contributed by atoms with Crippen LogP contribution in [0.2, 0.25) is 0 Å². The summed E-state index contributed by atoms with van der Waals surface area (Å²) < 4.78 is 7.64. The van der Waals surface area contributed by atoms with Crippen molar-refractivity contribution >= 4 is 16.7 Å². The van der Waals surface area contributed by atoms with Gasteiger partial charge in [0.1, 0.15) is 16.8 Å². The molecule has 0 bridgehead atoms. The van der Waals surface area contributed by atoms with Crippen LogP contribution in [0.5, 0.6) is 5.75 Å². The number of hydrogen-bond acceptors (Lipinski definition) is 4. The lowest BCUT2D eigenvalue weighted by Gasteiger charge is -2.23. The van der Waals surface area contributed by atoms with Gasteiger partial charge in [0.15, 0.2) is 5.65 Å². The Morgan fingerprint density at radius 2 is 2.00 bits per heavy atom. The van der Waals surface area contributed by atoms with E-state index in [9.17, 15) is 4.79 Å². The summed E-state index contributed by atoms with van der Waals surface area (Å²) in [6, 6.07) is 7.25. The van der Waals surface area contributed by atoms with Crippen LogP contribution in [-0.4, -0.2) is 20.5 Å². The fourth-order valence-corrected chi connectivity index (χ4v) is 3.11. The highest BCUT2D eigenvalue weighted by Crippen LogP contribution is 2.26. The highest BCUT2D eigenvalue weighted by Gasteiger charge is 2.18. The second kappa shape index (κ2) is 5.40. The highest BCUT2D eigenvalue weighted by atomic mass is 16.5. The Bertz CT molecular complexity index is 882. The third kappa shape index (κ3) is 2.22. The summed E-state index contributed by atoms with van der Waals surface area (Å²) in [4.78, 5) is 21.5. The van der Waals surface area contributed by atoms with Gasteiger partial charge in [0, 0.05) is 12.4 Å². The highest BCUT2D eigenvalue weighted by molar-refractivity contribution is 5.82. The molecular formula is C17H17N3O2. The van der Waals surface area contributed by atoms with Crippen molar-refractivity contribution in [1.29, 1.82) is 0 Å². The smallest absolute Gasteiger partial charge is 0.271 e. The first kappa shape index (κ1) is 13.2. The van der Waals surface area contributed by atoms with E-state index in [1.165, 1.54) is 23.7 Å². The zero-order valence-corrected chi connectivity index (χ0v) is 12.2. The largest absolute Gasteiger partial charge is 0.489 e. The zero-order valence-electron chi connectivity index (χ0n) is 12.2. The van der Waals surface area contributed by atoms with Gasteiger partial charge in [0.2, 0.25) is 0 Å². The second-order valence-corrected chi connectivity index (χ2v) is 5.73. The minimum Gasteiger partial charge on any atom is -0.489 e. The molecule has 0 aromatic carbocycles. The summed E-state index contributed by atoms with van der Waals surface area (Å²) >= 11 is 0. The number of rotatable bonds is 2. The summed E-state index contributed by atoms with van der Waals surface area (Å²) in [6.45, 7) is 0. The van der Waals surface area contributed by atoms with E-state index in [2.05, 4.69) is 9.97 Å². The van der Waals surface area contributed by atoms with Crippen LogP contribution in [0.4, 0.5) is 0 Å². The lowest BCUT2D eigenvalue weighted by Crippen LogP contribution is -2.22. The lowest BCUT2D eigenvalue weighted by molar-refractivity contribution is 0.157. The second-order valence-electron chi connectivity index (χ2n) is 5.73. The normalized spacial score (nSPS) is 16.2. The molecule has 0 amide bonds. The average molecular weight is 295 g/mol. The third-order valence-corrected chi connectivity index (χ3v) is 4.23. The average Bonchev–Trinajstić information content (AvgIpc) is 2.56. The molecule has 5 heteroatoms. The number of fused-ring (bicyclic) bond motifs is 2. The molecule has 0 radical (unpaired) electrons.